The number of benzene rings is 1. The lowest BCUT2D eigenvalue weighted by molar-refractivity contribution is 0.0883. The summed E-state index contributed by atoms with van der Waals surface area (Å²) in [6, 6.07) is 10.0. The minimum absolute atomic E-state index is 0.159. The predicted molar refractivity (Wildman–Crippen MR) is 132 cm³/mol. The standard InChI is InChI=1S/C24H31N9O/c1-15(2)20-21-22(32-31-20)23(30-24(29-21)27-13-17-8-10-25-14-19(17)34)26-12-16-6-3-4-7-18(16)33-11-5-9-28-33/h3-7,9,11,15,17,19,25,34H,8,10,12-14H2,1-2H3,(H,31,32)(H2,26,27,29,30)/t17-,19+/m1/s1. The van der Waals surface area contributed by atoms with Crippen molar-refractivity contribution in [3.8, 4) is 5.69 Å². The van der Waals surface area contributed by atoms with E-state index in [-0.39, 0.29) is 17.9 Å². The van der Waals surface area contributed by atoms with Crippen molar-refractivity contribution in [1.82, 2.24) is 35.3 Å². The topological polar surface area (TPSA) is 129 Å². The monoisotopic (exact) mass is 461 g/mol. The van der Waals surface area contributed by atoms with Crippen molar-refractivity contribution in [2.75, 3.05) is 30.3 Å². The van der Waals surface area contributed by atoms with Crippen LogP contribution in [-0.4, -0.2) is 60.8 Å². The SMILES string of the molecule is CC(C)c1[nH]nc2c(NCc3ccccc3-n3cccn3)nc(NC[C@H]3CCNC[C@@H]3O)nc12. The first-order chi connectivity index (χ1) is 16.6. The van der Waals surface area contributed by atoms with Crippen LogP contribution in [0.3, 0.4) is 0 Å². The summed E-state index contributed by atoms with van der Waals surface area (Å²) >= 11 is 0. The second-order valence-corrected chi connectivity index (χ2v) is 9.02. The molecule has 1 aliphatic rings. The first-order valence-electron chi connectivity index (χ1n) is 11.8. The van der Waals surface area contributed by atoms with Crippen LogP contribution in [0.25, 0.3) is 16.7 Å². The van der Waals surface area contributed by atoms with Gasteiger partial charge in [0, 0.05) is 37.9 Å². The Hall–Kier alpha value is -3.50. The Morgan fingerprint density at radius 3 is 2.82 bits per heavy atom. The Morgan fingerprint density at radius 2 is 2.03 bits per heavy atom. The lowest BCUT2D eigenvalue weighted by atomic mass is 9.95. The van der Waals surface area contributed by atoms with E-state index in [2.05, 4.69) is 51.2 Å². The van der Waals surface area contributed by atoms with Crippen LogP contribution in [0.2, 0.25) is 0 Å². The number of piperidine rings is 1. The Bertz CT molecular complexity index is 1230. The molecule has 4 heterocycles. The lowest BCUT2D eigenvalue weighted by Crippen LogP contribution is -2.43. The van der Waals surface area contributed by atoms with Gasteiger partial charge in [-0.2, -0.15) is 15.2 Å². The molecule has 0 amide bonds. The summed E-state index contributed by atoms with van der Waals surface area (Å²) in [7, 11) is 0. The molecular weight excluding hydrogens is 430 g/mol. The second kappa shape index (κ2) is 9.78. The van der Waals surface area contributed by atoms with E-state index >= 15 is 0 Å². The van der Waals surface area contributed by atoms with E-state index in [0.717, 1.165) is 35.4 Å². The first-order valence-corrected chi connectivity index (χ1v) is 11.8. The van der Waals surface area contributed by atoms with E-state index in [1.165, 1.54) is 0 Å². The molecule has 0 saturated carbocycles. The molecule has 4 aromatic rings. The Kier molecular flexibility index (Phi) is 6.41. The van der Waals surface area contributed by atoms with Gasteiger partial charge in [-0.1, -0.05) is 32.0 Å². The number of anilines is 2. The van der Waals surface area contributed by atoms with E-state index in [9.17, 15) is 5.11 Å². The molecule has 2 atom stereocenters. The number of fused-ring (bicyclic) bond motifs is 1. The number of H-pyrrole nitrogens is 1. The molecule has 5 N–H and O–H groups in total. The predicted octanol–water partition coefficient (Wildman–Crippen LogP) is 2.66. The average Bonchev–Trinajstić information content (AvgIpc) is 3.53. The number of β-amino-alcohol motifs (C(OH)–C–C–N with tert-alkyl or cyclic N) is 1. The maximum Gasteiger partial charge on any atom is 0.225 e. The fraction of sp³-hybridized carbons (Fsp3) is 0.417. The van der Waals surface area contributed by atoms with E-state index in [0.29, 0.717) is 36.9 Å². The van der Waals surface area contributed by atoms with Crippen LogP contribution in [0.15, 0.2) is 42.7 Å². The van der Waals surface area contributed by atoms with Crippen LogP contribution < -0.4 is 16.0 Å². The number of para-hydroxylation sites is 1. The van der Waals surface area contributed by atoms with Gasteiger partial charge in [-0.25, -0.2) is 9.67 Å². The molecule has 34 heavy (non-hydrogen) atoms. The number of rotatable bonds is 8. The minimum atomic E-state index is -0.374. The molecule has 0 bridgehead atoms. The van der Waals surface area contributed by atoms with Crippen molar-refractivity contribution in [3.05, 3.63) is 54.0 Å². The van der Waals surface area contributed by atoms with Gasteiger partial charge in [0.15, 0.2) is 11.3 Å². The highest BCUT2D eigenvalue weighted by atomic mass is 16.3. The van der Waals surface area contributed by atoms with Gasteiger partial charge in [0.05, 0.1) is 17.5 Å². The van der Waals surface area contributed by atoms with Gasteiger partial charge in [-0.05, 0) is 36.6 Å². The lowest BCUT2D eigenvalue weighted by Gasteiger charge is -2.28. The molecule has 10 nitrogen and oxygen atoms in total. The summed E-state index contributed by atoms with van der Waals surface area (Å²) in [4.78, 5) is 9.53. The largest absolute Gasteiger partial charge is 0.391 e. The van der Waals surface area contributed by atoms with Gasteiger partial charge in [0.1, 0.15) is 5.52 Å². The van der Waals surface area contributed by atoms with Crippen molar-refractivity contribution in [3.63, 3.8) is 0 Å². The van der Waals surface area contributed by atoms with Crippen molar-refractivity contribution >= 4 is 22.8 Å². The Morgan fingerprint density at radius 1 is 1.15 bits per heavy atom. The smallest absolute Gasteiger partial charge is 0.225 e. The van der Waals surface area contributed by atoms with E-state index in [4.69, 9.17) is 9.97 Å². The summed E-state index contributed by atoms with van der Waals surface area (Å²) < 4.78 is 1.86. The number of aromatic nitrogens is 6. The number of aromatic amines is 1. The van der Waals surface area contributed by atoms with Gasteiger partial charge >= 0.3 is 0 Å². The molecule has 1 fully saturated rings. The van der Waals surface area contributed by atoms with Crippen LogP contribution in [0.1, 0.15) is 37.4 Å². The number of nitrogens with one attached hydrogen (secondary N) is 4. The molecule has 0 aliphatic carbocycles. The summed E-state index contributed by atoms with van der Waals surface area (Å²) in [5.74, 6) is 1.60. The third-order valence-corrected chi connectivity index (χ3v) is 6.31. The highest BCUT2D eigenvalue weighted by Gasteiger charge is 2.23. The third kappa shape index (κ3) is 4.59. The fourth-order valence-corrected chi connectivity index (χ4v) is 4.35. The highest BCUT2D eigenvalue weighted by molar-refractivity contribution is 5.88. The molecule has 1 saturated heterocycles. The zero-order valence-electron chi connectivity index (χ0n) is 19.5. The quantitative estimate of drug-likeness (QED) is 0.271. The summed E-state index contributed by atoms with van der Waals surface area (Å²) in [5.41, 5.74) is 4.59. The Balaban J connectivity index is 1.42. The van der Waals surface area contributed by atoms with Gasteiger partial charge in [0.25, 0.3) is 0 Å². The molecule has 3 aromatic heterocycles. The maximum atomic E-state index is 10.3. The van der Waals surface area contributed by atoms with Crippen molar-refractivity contribution in [2.24, 2.45) is 5.92 Å². The van der Waals surface area contributed by atoms with Crippen LogP contribution in [-0.2, 0) is 6.54 Å². The molecule has 0 spiro atoms. The Labute approximate surface area is 198 Å². The number of aliphatic hydroxyl groups excluding tert-OH is 1. The van der Waals surface area contributed by atoms with Gasteiger partial charge in [0.2, 0.25) is 5.95 Å². The van der Waals surface area contributed by atoms with E-state index in [1.54, 1.807) is 6.20 Å². The zero-order valence-corrected chi connectivity index (χ0v) is 19.5. The van der Waals surface area contributed by atoms with Gasteiger partial charge in [-0.15, -0.1) is 0 Å². The molecule has 1 aromatic carbocycles. The van der Waals surface area contributed by atoms with Crippen LogP contribution in [0.4, 0.5) is 11.8 Å². The minimum Gasteiger partial charge on any atom is -0.391 e. The zero-order chi connectivity index (χ0) is 23.5. The first kappa shape index (κ1) is 22.3. The number of hydrogen-bond donors (Lipinski definition) is 5. The number of aliphatic hydroxyl groups is 1. The molecule has 178 valence electrons. The molecule has 1 aliphatic heterocycles. The fourth-order valence-electron chi connectivity index (χ4n) is 4.35. The summed E-state index contributed by atoms with van der Waals surface area (Å²) in [6.07, 6.45) is 4.24. The number of nitrogens with zero attached hydrogens (tertiary/aromatic N) is 5. The molecule has 10 heteroatoms. The van der Waals surface area contributed by atoms with Crippen molar-refractivity contribution in [2.45, 2.75) is 38.8 Å². The highest BCUT2D eigenvalue weighted by Crippen LogP contribution is 2.28. The summed E-state index contributed by atoms with van der Waals surface area (Å²) in [6.45, 7) is 6.92. The third-order valence-electron chi connectivity index (χ3n) is 6.31. The van der Waals surface area contributed by atoms with Gasteiger partial charge < -0.3 is 21.1 Å². The van der Waals surface area contributed by atoms with Crippen LogP contribution in [0, 0.1) is 5.92 Å². The number of hydrogen-bond acceptors (Lipinski definition) is 8. The van der Waals surface area contributed by atoms with Crippen molar-refractivity contribution < 1.29 is 5.11 Å². The van der Waals surface area contributed by atoms with E-state index < -0.39 is 0 Å². The van der Waals surface area contributed by atoms with Crippen LogP contribution in [0.5, 0.6) is 0 Å². The normalized spacial score (nSPS) is 18.5. The maximum absolute atomic E-state index is 10.3. The van der Waals surface area contributed by atoms with E-state index in [1.807, 2.05) is 35.1 Å². The summed E-state index contributed by atoms with van der Waals surface area (Å²) in [5, 5.41) is 32.4. The molecule has 0 radical (unpaired) electrons. The van der Waals surface area contributed by atoms with Crippen molar-refractivity contribution in [1.29, 1.82) is 0 Å². The average molecular weight is 462 g/mol. The molecule has 5 rings (SSSR count). The second-order valence-electron chi connectivity index (χ2n) is 9.02. The van der Waals surface area contributed by atoms with Gasteiger partial charge in [-0.3, -0.25) is 5.10 Å². The van der Waals surface area contributed by atoms with Crippen LogP contribution >= 0.6 is 0 Å². The molecule has 0 unspecified atom stereocenters. The molecular formula is C24H31N9O.